The third-order valence-electron chi connectivity index (χ3n) is 3.63. The van der Waals surface area contributed by atoms with Crippen molar-refractivity contribution in [1.82, 2.24) is 14.7 Å². The van der Waals surface area contributed by atoms with Crippen molar-refractivity contribution >= 4 is 5.97 Å². The number of hydrogen-bond acceptors (Lipinski definition) is 3. The minimum atomic E-state index is -0.724. The molecule has 1 aromatic heterocycles. The van der Waals surface area contributed by atoms with Crippen LogP contribution < -0.4 is 0 Å². The number of likely N-dealkylation sites (tertiary alicyclic amines) is 1. The van der Waals surface area contributed by atoms with Crippen LogP contribution in [0.1, 0.15) is 32.3 Å². The van der Waals surface area contributed by atoms with E-state index in [1.807, 2.05) is 35.8 Å². The van der Waals surface area contributed by atoms with E-state index in [4.69, 9.17) is 0 Å². The third kappa shape index (κ3) is 2.20. The van der Waals surface area contributed by atoms with E-state index < -0.39 is 11.5 Å². The van der Waals surface area contributed by atoms with Gasteiger partial charge in [0.25, 0.3) is 0 Å². The van der Waals surface area contributed by atoms with Gasteiger partial charge in [0.15, 0.2) is 0 Å². The van der Waals surface area contributed by atoms with Crippen molar-refractivity contribution in [2.24, 2.45) is 0 Å². The first-order chi connectivity index (χ1) is 8.06. The molecule has 1 unspecified atom stereocenters. The fraction of sp³-hybridized carbons (Fsp3) is 0.667. The molecule has 1 aliphatic rings. The molecule has 0 saturated carbocycles. The molecular formula is C12H19N3O2. The first-order valence-corrected chi connectivity index (χ1v) is 6.06. The van der Waals surface area contributed by atoms with Crippen LogP contribution in [0.25, 0.3) is 0 Å². The Morgan fingerprint density at radius 3 is 3.00 bits per heavy atom. The van der Waals surface area contributed by atoms with Crippen LogP contribution in [0.4, 0.5) is 0 Å². The molecule has 5 nitrogen and oxygen atoms in total. The number of carboxylic acids is 1. The molecule has 0 amide bonds. The molecule has 0 aromatic carbocycles. The Hall–Kier alpha value is -1.36. The third-order valence-corrected chi connectivity index (χ3v) is 3.63. The molecule has 94 valence electrons. The van der Waals surface area contributed by atoms with Gasteiger partial charge < -0.3 is 5.11 Å². The number of nitrogens with zero attached hydrogens (tertiary/aromatic N) is 3. The minimum Gasteiger partial charge on any atom is -0.480 e. The van der Waals surface area contributed by atoms with Gasteiger partial charge in [-0.25, -0.2) is 0 Å². The van der Waals surface area contributed by atoms with Gasteiger partial charge in [-0.1, -0.05) is 0 Å². The summed E-state index contributed by atoms with van der Waals surface area (Å²) in [7, 11) is 0. The molecule has 1 aliphatic heterocycles. The predicted molar refractivity (Wildman–Crippen MR) is 63.6 cm³/mol. The molecule has 1 aromatic rings. The fourth-order valence-corrected chi connectivity index (χ4v) is 2.40. The van der Waals surface area contributed by atoms with Crippen molar-refractivity contribution in [1.29, 1.82) is 0 Å². The Kier molecular flexibility index (Phi) is 3.19. The molecule has 0 aliphatic carbocycles. The second kappa shape index (κ2) is 4.49. The van der Waals surface area contributed by atoms with Crippen LogP contribution in [0.3, 0.4) is 0 Å². The van der Waals surface area contributed by atoms with Crippen LogP contribution in [0, 0.1) is 0 Å². The van der Waals surface area contributed by atoms with Crippen molar-refractivity contribution in [3.63, 3.8) is 0 Å². The Balaban J connectivity index is 2.10. The molecule has 1 fully saturated rings. The van der Waals surface area contributed by atoms with E-state index in [9.17, 15) is 9.90 Å². The number of aromatic nitrogens is 2. The highest BCUT2D eigenvalue weighted by molar-refractivity contribution is 5.78. The summed E-state index contributed by atoms with van der Waals surface area (Å²) < 4.78 is 1.86. The average molecular weight is 237 g/mol. The summed E-state index contributed by atoms with van der Waals surface area (Å²) >= 11 is 0. The number of carboxylic acid groups (broad SMARTS) is 1. The van der Waals surface area contributed by atoms with Gasteiger partial charge in [-0.05, 0) is 33.2 Å². The number of aliphatic carboxylic acids is 1. The Labute approximate surface area is 101 Å². The molecule has 1 N–H and O–H groups in total. The summed E-state index contributed by atoms with van der Waals surface area (Å²) in [6.45, 7) is 6.21. The summed E-state index contributed by atoms with van der Waals surface area (Å²) in [6.07, 6.45) is 5.49. The standard InChI is InChI=1S/C12H19N3O2/c1-3-15-9-10(7-13-15)8-14-6-4-5-12(14,2)11(16)17/h7,9H,3-6,8H2,1-2H3,(H,16,17). The van der Waals surface area contributed by atoms with Crippen LogP contribution >= 0.6 is 0 Å². The lowest BCUT2D eigenvalue weighted by atomic mass is 9.99. The van der Waals surface area contributed by atoms with Gasteiger partial charge in [0.2, 0.25) is 0 Å². The largest absolute Gasteiger partial charge is 0.480 e. The Morgan fingerprint density at radius 1 is 1.65 bits per heavy atom. The van der Waals surface area contributed by atoms with Crippen LogP contribution in [-0.4, -0.2) is 37.8 Å². The van der Waals surface area contributed by atoms with E-state index in [0.29, 0.717) is 6.54 Å². The maximum absolute atomic E-state index is 11.3. The maximum atomic E-state index is 11.3. The van der Waals surface area contributed by atoms with E-state index in [2.05, 4.69) is 5.10 Å². The molecule has 1 atom stereocenters. The van der Waals surface area contributed by atoms with Crippen LogP contribution in [0.15, 0.2) is 12.4 Å². The zero-order valence-corrected chi connectivity index (χ0v) is 10.4. The highest BCUT2D eigenvalue weighted by Crippen LogP contribution is 2.30. The van der Waals surface area contributed by atoms with Gasteiger partial charge in [-0.3, -0.25) is 14.4 Å². The van der Waals surface area contributed by atoms with Crippen LogP contribution in [0.2, 0.25) is 0 Å². The number of carbonyl (C=O) groups is 1. The summed E-state index contributed by atoms with van der Waals surface area (Å²) in [5, 5.41) is 13.5. The SMILES string of the molecule is CCn1cc(CN2CCCC2(C)C(=O)O)cn1. The lowest BCUT2D eigenvalue weighted by molar-refractivity contribution is -0.148. The zero-order valence-electron chi connectivity index (χ0n) is 10.4. The van der Waals surface area contributed by atoms with Gasteiger partial charge in [-0.15, -0.1) is 0 Å². The Morgan fingerprint density at radius 2 is 2.41 bits per heavy atom. The topological polar surface area (TPSA) is 58.4 Å². The highest BCUT2D eigenvalue weighted by atomic mass is 16.4. The quantitative estimate of drug-likeness (QED) is 0.858. The smallest absolute Gasteiger partial charge is 0.323 e. The second-order valence-electron chi connectivity index (χ2n) is 4.81. The van der Waals surface area contributed by atoms with Crippen molar-refractivity contribution < 1.29 is 9.90 Å². The summed E-state index contributed by atoms with van der Waals surface area (Å²) in [5.74, 6) is -0.724. The lowest BCUT2D eigenvalue weighted by Crippen LogP contribution is -2.47. The van der Waals surface area contributed by atoms with Crippen molar-refractivity contribution in [3.8, 4) is 0 Å². The zero-order chi connectivity index (χ0) is 12.5. The van der Waals surface area contributed by atoms with Crippen LogP contribution in [-0.2, 0) is 17.9 Å². The highest BCUT2D eigenvalue weighted by Gasteiger charge is 2.43. The molecule has 17 heavy (non-hydrogen) atoms. The molecule has 0 spiro atoms. The summed E-state index contributed by atoms with van der Waals surface area (Å²) in [4.78, 5) is 13.4. The number of rotatable bonds is 4. The average Bonchev–Trinajstić information content (AvgIpc) is 2.88. The molecule has 2 rings (SSSR count). The van der Waals surface area contributed by atoms with E-state index in [-0.39, 0.29) is 0 Å². The van der Waals surface area contributed by atoms with Gasteiger partial charge >= 0.3 is 5.97 Å². The first-order valence-electron chi connectivity index (χ1n) is 6.06. The predicted octanol–water partition coefficient (Wildman–Crippen LogP) is 1.34. The van der Waals surface area contributed by atoms with E-state index in [1.54, 1.807) is 0 Å². The monoisotopic (exact) mass is 237 g/mol. The van der Waals surface area contributed by atoms with Crippen molar-refractivity contribution in [3.05, 3.63) is 18.0 Å². The summed E-state index contributed by atoms with van der Waals surface area (Å²) in [6, 6.07) is 0. The fourth-order valence-electron chi connectivity index (χ4n) is 2.40. The molecule has 2 heterocycles. The van der Waals surface area contributed by atoms with Crippen LogP contribution in [0.5, 0.6) is 0 Å². The Bertz CT molecular complexity index is 416. The minimum absolute atomic E-state index is 0.669. The molecule has 5 heteroatoms. The normalized spacial score (nSPS) is 25.3. The van der Waals surface area contributed by atoms with Gasteiger partial charge in [0, 0.05) is 24.8 Å². The molecular weight excluding hydrogens is 218 g/mol. The molecule has 0 radical (unpaired) electrons. The van der Waals surface area contributed by atoms with Crippen molar-refractivity contribution in [2.45, 2.75) is 45.3 Å². The molecule has 1 saturated heterocycles. The van der Waals surface area contributed by atoms with E-state index in [0.717, 1.165) is 31.5 Å². The number of aryl methyl sites for hydroxylation is 1. The van der Waals surface area contributed by atoms with Gasteiger partial charge in [0.1, 0.15) is 5.54 Å². The molecule has 0 bridgehead atoms. The maximum Gasteiger partial charge on any atom is 0.323 e. The van der Waals surface area contributed by atoms with E-state index >= 15 is 0 Å². The first kappa shape index (κ1) is 12.1. The summed E-state index contributed by atoms with van der Waals surface area (Å²) in [5.41, 5.74) is 0.370. The van der Waals surface area contributed by atoms with Gasteiger partial charge in [0.05, 0.1) is 6.20 Å². The second-order valence-corrected chi connectivity index (χ2v) is 4.81. The van der Waals surface area contributed by atoms with E-state index in [1.165, 1.54) is 0 Å². The lowest BCUT2D eigenvalue weighted by Gasteiger charge is -2.30. The number of hydrogen-bond donors (Lipinski definition) is 1. The van der Waals surface area contributed by atoms with Crippen molar-refractivity contribution in [2.75, 3.05) is 6.54 Å². The van der Waals surface area contributed by atoms with Gasteiger partial charge in [-0.2, -0.15) is 5.10 Å².